The predicted octanol–water partition coefficient (Wildman–Crippen LogP) is 2.14. The van der Waals surface area contributed by atoms with Gasteiger partial charge in [0.15, 0.2) is 5.82 Å². The third kappa shape index (κ3) is 2.55. The Kier molecular flexibility index (Phi) is 3.71. The topological polar surface area (TPSA) is 93.8 Å². The van der Waals surface area contributed by atoms with Gasteiger partial charge in [0, 0.05) is 0 Å². The van der Waals surface area contributed by atoms with E-state index in [4.69, 9.17) is 0 Å². The first-order chi connectivity index (χ1) is 10.1. The molecule has 2 aromatic heterocycles. The maximum Gasteiger partial charge on any atom is 0.311 e. The van der Waals surface area contributed by atoms with Gasteiger partial charge in [-0.05, 0) is 30.2 Å². The minimum absolute atomic E-state index is 0.321. The van der Waals surface area contributed by atoms with Crippen LogP contribution in [0.4, 0.5) is 0 Å². The van der Waals surface area contributed by atoms with E-state index in [-0.39, 0.29) is 0 Å². The molecule has 2 aromatic rings. The molecule has 8 heteroatoms. The largest absolute Gasteiger partial charge is 0.481 e. The van der Waals surface area contributed by atoms with Crippen LogP contribution >= 0.6 is 11.3 Å². The highest BCUT2D eigenvalue weighted by Gasteiger charge is 2.41. The smallest absolute Gasteiger partial charge is 0.311 e. The summed E-state index contributed by atoms with van der Waals surface area (Å²) in [7, 11) is 0. The zero-order chi connectivity index (χ0) is 14.9. The Hall–Kier alpha value is -1.83. The van der Waals surface area contributed by atoms with Gasteiger partial charge in [0.05, 0.1) is 28.0 Å². The van der Waals surface area contributed by atoms with Crippen LogP contribution in [0.15, 0.2) is 5.51 Å². The molecule has 1 aliphatic rings. The molecule has 0 bridgehead atoms. The molecule has 0 unspecified atom stereocenters. The van der Waals surface area contributed by atoms with Gasteiger partial charge >= 0.3 is 5.97 Å². The highest BCUT2D eigenvalue weighted by atomic mass is 32.1. The Bertz CT molecular complexity index is 645. The summed E-state index contributed by atoms with van der Waals surface area (Å²) >= 11 is 1.47. The summed E-state index contributed by atoms with van der Waals surface area (Å²) in [6.07, 6.45) is 4.37. The number of aliphatic carboxylic acids is 1. The number of rotatable bonds is 4. The fraction of sp³-hybridized carbons (Fsp3) is 0.615. The highest BCUT2D eigenvalue weighted by molar-refractivity contribution is 7.13. The molecule has 0 amide bonds. The molecule has 3 rings (SSSR count). The van der Waals surface area contributed by atoms with Crippen molar-refractivity contribution in [3.8, 4) is 10.7 Å². The van der Waals surface area contributed by atoms with Crippen molar-refractivity contribution in [3.63, 3.8) is 0 Å². The molecule has 0 radical (unpaired) electrons. The quantitative estimate of drug-likeness (QED) is 0.930. The van der Waals surface area contributed by atoms with Crippen molar-refractivity contribution in [1.82, 2.24) is 25.2 Å². The van der Waals surface area contributed by atoms with E-state index < -0.39 is 11.4 Å². The molecule has 0 aromatic carbocycles. The van der Waals surface area contributed by atoms with Gasteiger partial charge in [0.1, 0.15) is 0 Å². The van der Waals surface area contributed by atoms with Gasteiger partial charge in [0.2, 0.25) is 0 Å². The molecule has 2 heterocycles. The van der Waals surface area contributed by atoms with E-state index >= 15 is 0 Å². The summed E-state index contributed by atoms with van der Waals surface area (Å²) in [6, 6.07) is 0. The average Bonchev–Trinajstić information content (AvgIpc) is 3.08. The SMILES string of the molecule is Cc1ncsc1-c1nnnn1CC1(C(=O)O)CCCCC1. The second kappa shape index (κ2) is 5.51. The van der Waals surface area contributed by atoms with Crippen LogP contribution < -0.4 is 0 Å². The van der Waals surface area contributed by atoms with Crippen LogP contribution in [0.1, 0.15) is 37.8 Å². The van der Waals surface area contributed by atoms with Crippen LogP contribution in [0, 0.1) is 12.3 Å². The van der Waals surface area contributed by atoms with E-state index in [9.17, 15) is 9.90 Å². The Morgan fingerprint density at radius 2 is 2.19 bits per heavy atom. The van der Waals surface area contributed by atoms with Gasteiger partial charge in [0.25, 0.3) is 0 Å². The highest BCUT2D eigenvalue weighted by Crippen LogP contribution is 2.39. The summed E-state index contributed by atoms with van der Waals surface area (Å²) in [5.41, 5.74) is 1.86. The lowest BCUT2D eigenvalue weighted by atomic mass is 9.74. The second-order valence-corrected chi connectivity index (χ2v) is 6.43. The zero-order valence-corrected chi connectivity index (χ0v) is 12.6. The number of tetrazole rings is 1. The van der Waals surface area contributed by atoms with Gasteiger partial charge in [-0.25, -0.2) is 9.67 Å². The molecular formula is C13H17N5O2S. The van der Waals surface area contributed by atoms with Gasteiger partial charge in [-0.1, -0.05) is 19.3 Å². The molecule has 112 valence electrons. The van der Waals surface area contributed by atoms with Crippen molar-refractivity contribution in [2.75, 3.05) is 0 Å². The molecule has 1 saturated carbocycles. The summed E-state index contributed by atoms with van der Waals surface area (Å²) in [6.45, 7) is 2.22. The lowest BCUT2D eigenvalue weighted by molar-refractivity contribution is -0.152. The monoisotopic (exact) mass is 307 g/mol. The molecule has 7 nitrogen and oxygen atoms in total. The maximum absolute atomic E-state index is 11.8. The molecule has 1 N–H and O–H groups in total. The van der Waals surface area contributed by atoms with E-state index in [1.165, 1.54) is 11.3 Å². The van der Waals surface area contributed by atoms with Gasteiger partial charge in [-0.15, -0.1) is 16.4 Å². The lowest BCUT2D eigenvalue weighted by Crippen LogP contribution is -2.38. The van der Waals surface area contributed by atoms with E-state index in [1.54, 1.807) is 10.2 Å². The predicted molar refractivity (Wildman–Crippen MR) is 76.8 cm³/mol. The molecule has 0 saturated heterocycles. The van der Waals surface area contributed by atoms with Crippen LogP contribution in [0.25, 0.3) is 10.7 Å². The van der Waals surface area contributed by atoms with Crippen molar-refractivity contribution < 1.29 is 9.90 Å². The van der Waals surface area contributed by atoms with Gasteiger partial charge in [-0.2, -0.15) is 0 Å². The van der Waals surface area contributed by atoms with E-state index in [0.717, 1.165) is 29.8 Å². The molecule has 0 atom stereocenters. The van der Waals surface area contributed by atoms with Crippen molar-refractivity contribution >= 4 is 17.3 Å². The summed E-state index contributed by atoms with van der Waals surface area (Å²) in [5.74, 6) is -0.133. The normalized spacial score (nSPS) is 17.8. The molecule has 0 aliphatic heterocycles. The summed E-state index contributed by atoms with van der Waals surface area (Å²) in [5, 5.41) is 21.5. The number of carboxylic acids is 1. The Morgan fingerprint density at radius 3 is 2.81 bits per heavy atom. The van der Waals surface area contributed by atoms with Crippen LogP contribution in [-0.4, -0.2) is 36.3 Å². The van der Waals surface area contributed by atoms with Crippen molar-refractivity contribution in [1.29, 1.82) is 0 Å². The van der Waals surface area contributed by atoms with E-state index in [1.807, 2.05) is 6.92 Å². The number of thiazole rings is 1. The number of carbonyl (C=O) groups is 1. The molecule has 0 spiro atoms. The fourth-order valence-electron chi connectivity index (χ4n) is 2.95. The third-order valence-electron chi connectivity index (χ3n) is 4.20. The number of nitrogens with zero attached hydrogens (tertiary/aromatic N) is 5. The van der Waals surface area contributed by atoms with Crippen molar-refractivity contribution in [2.24, 2.45) is 5.41 Å². The molecule has 21 heavy (non-hydrogen) atoms. The first-order valence-electron chi connectivity index (χ1n) is 7.02. The molecule has 1 fully saturated rings. The van der Waals surface area contributed by atoms with Crippen molar-refractivity contribution in [2.45, 2.75) is 45.6 Å². The van der Waals surface area contributed by atoms with Gasteiger partial charge < -0.3 is 5.11 Å². The minimum atomic E-state index is -0.749. The zero-order valence-electron chi connectivity index (χ0n) is 11.8. The van der Waals surface area contributed by atoms with E-state index in [2.05, 4.69) is 20.5 Å². The standard InChI is InChI=1S/C13H17N5O2S/c1-9-10(21-8-14-9)11-15-16-17-18(11)7-13(12(19)20)5-3-2-4-6-13/h8H,2-7H2,1H3,(H,19,20). The Morgan fingerprint density at radius 1 is 1.43 bits per heavy atom. The lowest BCUT2D eigenvalue weighted by Gasteiger charge is -2.32. The van der Waals surface area contributed by atoms with Crippen LogP contribution in [-0.2, 0) is 11.3 Å². The molecular weight excluding hydrogens is 290 g/mol. The summed E-state index contributed by atoms with van der Waals surface area (Å²) in [4.78, 5) is 16.9. The second-order valence-electron chi connectivity index (χ2n) is 5.57. The minimum Gasteiger partial charge on any atom is -0.481 e. The Labute approximate surface area is 126 Å². The molecule has 1 aliphatic carbocycles. The Balaban J connectivity index is 1.93. The number of aryl methyl sites for hydroxylation is 1. The maximum atomic E-state index is 11.8. The van der Waals surface area contributed by atoms with E-state index in [0.29, 0.717) is 25.2 Å². The average molecular weight is 307 g/mol. The van der Waals surface area contributed by atoms with Crippen LogP contribution in [0.3, 0.4) is 0 Å². The number of aromatic nitrogens is 5. The van der Waals surface area contributed by atoms with Crippen molar-refractivity contribution in [3.05, 3.63) is 11.2 Å². The number of hydrogen-bond donors (Lipinski definition) is 1. The van der Waals surface area contributed by atoms with Gasteiger partial charge in [-0.3, -0.25) is 4.79 Å². The third-order valence-corrected chi connectivity index (χ3v) is 5.12. The van der Waals surface area contributed by atoms with Crippen LogP contribution in [0.5, 0.6) is 0 Å². The number of carboxylic acid groups (broad SMARTS) is 1. The summed E-state index contributed by atoms with van der Waals surface area (Å²) < 4.78 is 1.62. The first-order valence-corrected chi connectivity index (χ1v) is 7.90. The first kappa shape index (κ1) is 14.1. The number of hydrogen-bond acceptors (Lipinski definition) is 6. The fourth-order valence-corrected chi connectivity index (χ4v) is 3.74. The van der Waals surface area contributed by atoms with Crippen LogP contribution in [0.2, 0.25) is 0 Å².